The normalized spacial score (nSPS) is 16.1. The summed E-state index contributed by atoms with van der Waals surface area (Å²) in [6.45, 7) is 11.2. The number of rotatable bonds is 9. The van der Waals surface area contributed by atoms with Crippen LogP contribution in [0.4, 0.5) is 0 Å². The van der Waals surface area contributed by atoms with E-state index in [9.17, 15) is 0 Å². The number of nitrogens with zero attached hydrogens (tertiary/aromatic N) is 4. The second-order valence-electron chi connectivity index (χ2n) is 7.95. The van der Waals surface area contributed by atoms with E-state index in [1.807, 2.05) is 11.7 Å². The summed E-state index contributed by atoms with van der Waals surface area (Å²) in [5.41, 5.74) is 5.09. The minimum Gasteiger partial charge on any atom is -0.357 e. The van der Waals surface area contributed by atoms with Gasteiger partial charge in [-0.3, -0.25) is 9.58 Å². The van der Waals surface area contributed by atoms with Crippen LogP contribution >= 0.6 is 0 Å². The largest absolute Gasteiger partial charge is 0.357 e. The molecule has 1 unspecified atom stereocenters. The number of aromatic nitrogens is 2. The highest BCUT2D eigenvalue weighted by Gasteiger charge is 2.23. The number of aryl methyl sites for hydroxylation is 2. The van der Waals surface area contributed by atoms with Crippen molar-refractivity contribution in [1.29, 1.82) is 0 Å². The molecule has 2 heterocycles. The predicted molar refractivity (Wildman–Crippen MR) is 125 cm³/mol. The molecule has 1 aliphatic heterocycles. The van der Waals surface area contributed by atoms with Gasteiger partial charge in [0.05, 0.1) is 18.3 Å². The van der Waals surface area contributed by atoms with Gasteiger partial charge in [-0.05, 0) is 51.3 Å². The van der Waals surface area contributed by atoms with Gasteiger partial charge in [0, 0.05) is 31.4 Å². The fourth-order valence-electron chi connectivity index (χ4n) is 4.45. The highest BCUT2D eigenvalue weighted by molar-refractivity contribution is 5.79. The van der Waals surface area contributed by atoms with Gasteiger partial charge in [-0.25, -0.2) is 4.99 Å². The first kappa shape index (κ1) is 22.3. The number of guanidine groups is 1. The molecule has 6 heteroatoms. The Morgan fingerprint density at radius 1 is 1.07 bits per heavy atom. The van der Waals surface area contributed by atoms with Crippen molar-refractivity contribution in [3.05, 3.63) is 52.8 Å². The van der Waals surface area contributed by atoms with Crippen LogP contribution in [0.2, 0.25) is 0 Å². The lowest BCUT2D eigenvalue weighted by Gasteiger charge is -2.29. The predicted octanol–water partition coefficient (Wildman–Crippen LogP) is 3.44. The third-order valence-corrected chi connectivity index (χ3v) is 6.00. The second-order valence-corrected chi connectivity index (χ2v) is 7.95. The Kier molecular flexibility index (Phi) is 8.31. The minimum absolute atomic E-state index is 0.369. The fourth-order valence-corrected chi connectivity index (χ4v) is 4.45. The molecule has 3 rings (SSSR count). The molecule has 1 saturated heterocycles. The van der Waals surface area contributed by atoms with E-state index in [0.29, 0.717) is 12.6 Å². The zero-order chi connectivity index (χ0) is 21.3. The molecular formula is C24H38N6. The standard InChI is InChI=1S/C24H38N6/c1-5-21-20(22(6-2)29(4)28-21)17-26-24(25-7-3)27-18-23(30-15-11-12-16-30)19-13-9-8-10-14-19/h8-10,13-14,23H,5-7,11-12,15-18H2,1-4H3,(H2,25,26,27). The van der Waals surface area contributed by atoms with Crippen LogP contribution in [0.1, 0.15) is 62.2 Å². The molecule has 0 bridgehead atoms. The fraction of sp³-hybridized carbons (Fsp3) is 0.583. The maximum absolute atomic E-state index is 4.93. The van der Waals surface area contributed by atoms with Gasteiger partial charge in [-0.15, -0.1) is 0 Å². The van der Waals surface area contributed by atoms with Gasteiger partial charge in [0.2, 0.25) is 0 Å². The number of aliphatic imine (C=N–C) groups is 1. The first-order valence-corrected chi connectivity index (χ1v) is 11.5. The van der Waals surface area contributed by atoms with Crippen molar-refractivity contribution < 1.29 is 0 Å². The van der Waals surface area contributed by atoms with Gasteiger partial charge in [-0.1, -0.05) is 44.2 Å². The molecule has 2 aromatic rings. The van der Waals surface area contributed by atoms with Crippen molar-refractivity contribution in [1.82, 2.24) is 25.3 Å². The Bertz CT molecular complexity index is 805. The monoisotopic (exact) mass is 410 g/mol. The second kappa shape index (κ2) is 11.2. The highest BCUT2D eigenvalue weighted by Crippen LogP contribution is 2.24. The van der Waals surface area contributed by atoms with Crippen LogP contribution in [-0.2, 0) is 26.4 Å². The summed E-state index contributed by atoms with van der Waals surface area (Å²) < 4.78 is 2.02. The number of likely N-dealkylation sites (tertiary alicyclic amines) is 1. The van der Waals surface area contributed by atoms with Crippen LogP contribution in [0.3, 0.4) is 0 Å². The lowest BCUT2D eigenvalue weighted by molar-refractivity contribution is 0.245. The smallest absolute Gasteiger partial charge is 0.191 e. The van der Waals surface area contributed by atoms with Crippen molar-refractivity contribution in [3.63, 3.8) is 0 Å². The first-order chi connectivity index (χ1) is 14.7. The summed E-state index contributed by atoms with van der Waals surface area (Å²) >= 11 is 0. The van der Waals surface area contributed by atoms with Crippen molar-refractivity contribution in [3.8, 4) is 0 Å². The van der Waals surface area contributed by atoms with Crippen LogP contribution in [0, 0.1) is 0 Å². The maximum atomic E-state index is 4.93. The van der Waals surface area contributed by atoms with Gasteiger partial charge in [0.25, 0.3) is 0 Å². The molecule has 1 aromatic carbocycles. The molecule has 1 aliphatic rings. The molecule has 1 aromatic heterocycles. The third kappa shape index (κ3) is 5.42. The van der Waals surface area contributed by atoms with E-state index in [2.05, 4.69) is 71.7 Å². The Balaban J connectivity index is 1.74. The van der Waals surface area contributed by atoms with Crippen LogP contribution < -0.4 is 10.6 Å². The van der Waals surface area contributed by atoms with E-state index in [-0.39, 0.29) is 0 Å². The molecule has 164 valence electrons. The summed E-state index contributed by atoms with van der Waals surface area (Å²) in [6, 6.07) is 11.2. The first-order valence-electron chi connectivity index (χ1n) is 11.5. The van der Waals surface area contributed by atoms with Crippen LogP contribution in [0.5, 0.6) is 0 Å². The van der Waals surface area contributed by atoms with Gasteiger partial charge in [-0.2, -0.15) is 5.10 Å². The lowest BCUT2D eigenvalue weighted by atomic mass is 10.1. The van der Waals surface area contributed by atoms with Crippen LogP contribution in [-0.4, -0.2) is 46.8 Å². The molecule has 6 nitrogen and oxygen atoms in total. The van der Waals surface area contributed by atoms with Crippen molar-refractivity contribution in [2.24, 2.45) is 12.0 Å². The molecule has 0 saturated carbocycles. The summed E-state index contributed by atoms with van der Waals surface area (Å²) in [5.74, 6) is 0.880. The maximum Gasteiger partial charge on any atom is 0.191 e. The average Bonchev–Trinajstić information content (AvgIpc) is 3.40. The van der Waals surface area contributed by atoms with Crippen molar-refractivity contribution in [2.45, 2.75) is 59.0 Å². The third-order valence-electron chi connectivity index (χ3n) is 6.00. The van der Waals surface area contributed by atoms with Crippen molar-refractivity contribution >= 4 is 5.96 Å². The molecule has 30 heavy (non-hydrogen) atoms. The van der Waals surface area contributed by atoms with E-state index in [4.69, 9.17) is 4.99 Å². The summed E-state index contributed by atoms with van der Waals surface area (Å²) in [7, 11) is 2.04. The molecule has 1 fully saturated rings. The molecule has 2 N–H and O–H groups in total. The minimum atomic E-state index is 0.369. The number of hydrogen-bond donors (Lipinski definition) is 2. The van der Waals surface area contributed by atoms with E-state index in [1.54, 1.807) is 0 Å². The van der Waals surface area contributed by atoms with Gasteiger partial charge >= 0.3 is 0 Å². The Labute approximate surface area is 181 Å². The zero-order valence-corrected chi connectivity index (χ0v) is 19.1. The molecule has 0 radical (unpaired) electrons. The molecule has 0 amide bonds. The number of nitrogens with one attached hydrogen (secondary N) is 2. The van der Waals surface area contributed by atoms with E-state index < -0.39 is 0 Å². The average molecular weight is 411 g/mol. The summed E-state index contributed by atoms with van der Waals surface area (Å²) in [5, 5.41) is 11.7. The van der Waals surface area contributed by atoms with E-state index >= 15 is 0 Å². The van der Waals surface area contributed by atoms with E-state index in [1.165, 1.54) is 42.8 Å². The Morgan fingerprint density at radius 2 is 1.80 bits per heavy atom. The molecular weight excluding hydrogens is 372 g/mol. The number of hydrogen-bond acceptors (Lipinski definition) is 3. The number of benzene rings is 1. The zero-order valence-electron chi connectivity index (χ0n) is 19.1. The summed E-state index contributed by atoms with van der Waals surface area (Å²) in [6.07, 6.45) is 4.49. The van der Waals surface area contributed by atoms with E-state index in [0.717, 1.165) is 37.6 Å². The summed E-state index contributed by atoms with van der Waals surface area (Å²) in [4.78, 5) is 7.52. The highest BCUT2D eigenvalue weighted by atomic mass is 15.3. The Hall–Kier alpha value is -2.34. The topological polar surface area (TPSA) is 57.5 Å². The molecule has 0 aliphatic carbocycles. The molecule has 1 atom stereocenters. The SMILES string of the molecule is CCNC(=NCc1c(CC)nn(C)c1CC)NCC(c1ccccc1)N1CCCC1. The quantitative estimate of drug-likeness (QED) is 0.491. The van der Waals surface area contributed by atoms with Gasteiger partial charge in [0.15, 0.2) is 5.96 Å². The van der Waals surface area contributed by atoms with Crippen LogP contribution in [0.15, 0.2) is 35.3 Å². The van der Waals surface area contributed by atoms with Gasteiger partial charge in [0.1, 0.15) is 0 Å². The molecule has 0 spiro atoms. The van der Waals surface area contributed by atoms with Crippen molar-refractivity contribution in [2.75, 3.05) is 26.2 Å². The lowest BCUT2D eigenvalue weighted by Crippen LogP contribution is -2.42. The van der Waals surface area contributed by atoms with Gasteiger partial charge < -0.3 is 10.6 Å². The Morgan fingerprint density at radius 3 is 2.43 bits per heavy atom. The van der Waals surface area contributed by atoms with Crippen LogP contribution in [0.25, 0.3) is 0 Å².